The highest BCUT2D eigenvalue weighted by molar-refractivity contribution is 5.64. The minimum atomic E-state index is 0.591. The van der Waals surface area contributed by atoms with E-state index in [1.165, 1.54) is 16.7 Å². The van der Waals surface area contributed by atoms with Gasteiger partial charge >= 0.3 is 0 Å². The van der Waals surface area contributed by atoms with Crippen LogP contribution in [0.3, 0.4) is 0 Å². The summed E-state index contributed by atoms with van der Waals surface area (Å²) in [7, 11) is 0. The van der Waals surface area contributed by atoms with Crippen molar-refractivity contribution < 1.29 is 0 Å². The number of benzene rings is 2. The summed E-state index contributed by atoms with van der Waals surface area (Å²) in [6.45, 7) is 8.21. The molecule has 2 aromatic heterocycles. The minimum Gasteiger partial charge on any atom is -0.340 e. The first-order valence-corrected chi connectivity index (χ1v) is 8.65. The molecule has 26 heavy (non-hydrogen) atoms. The van der Waals surface area contributed by atoms with Crippen LogP contribution >= 0.6 is 0 Å². The van der Waals surface area contributed by atoms with E-state index in [0.29, 0.717) is 11.6 Å². The maximum atomic E-state index is 4.68. The van der Waals surface area contributed by atoms with Crippen LogP contribution in [0.2, 0.25) is 0 Å². The molecule has 5 heteroatoms. The quantitative estimate of drug-likeness (QED) is 0.582. The highest BCUT2D eigenvalue weighted by atomic mass is 15.4. The van der Waals surface area contributed by atoms with Crippen molar-refractivity contribution in [3.05, 3.63) is 70.9 Å². The van der Waals surface area contributed by atoms with Crippen molar-refractivity contribution in [2.45, 2.75) is 27.7 Å². The predicted molar refractivity (Wildman–Crippen MR) is 105 cm³/mol. The fourth-order valence-electron chi connectivity index (χ4n) is 2.91. The Kier molecular flexibility index (Phi) is 3.92. The fraction of sp³-hybridized carbons (Fsp3) is 0.190. The summed E-state index contributed by atoms with van der Waals surface area (Å²) < 4.78 is 1.77. The SMILES string of the molecule is Cc1ccc(-c2nc3nc(C)cc(Nc4cc(C)ccc4C)n3n2)cc1. The van der Waals surface area contributed by atoms with E-state index >= 15 is 0 Å². The lowest BCUT2D eigenvalue weighted by Gasteiger charge is -2.11. The third kappa shape index (κ3) is 3.04. The summed E-state index contributed by atoms with van der Waals surface area (Å²) >= 11 is 0. The van der Waals surface area contributed by atoms with E-state index < -0.39 is 0 Å². The number of nitrogens with one attached hydrogen (secondary N) is 1. The Labute approximate surface area is 152 Å². The number of rotatable bonds is 3. The van der Waals surface area contributed by atoms with Crippen molar-refractivity contribution in [2.24, 2.45) is 0 Å². The van der Waals surface area contributed by atoms with Crippen LogP contribution in [0.15, 0.2) is 48.5 Å². The van der Waals surface area contributed by atoms with Crippen LogP contribution in [-0.2, 0) is 0 Å². The summed E-state index contributed by atoms with van der Waals surface area (Å²) in [6, 6.07) is 16.5. The molecule has 0 amide bonds. The minimum absolute atomic E-state index is 0.591. The van der Waals surface area contributed by atoms with E-state index in [1.54, 1.807) is 4.52 Å². The van der Waals surface area contributed by atoms with Crippen LogP contribution < -0.4 is 5.32 Å². The van der Waals surface area contributed by atoms with Gasteiger partial charge in [0, 0.05) is 23.0 Å². The number of fused-ring (bicyclic) bond motifs is 1. The molecule has 0 bridgehead atoms. The molecule has 2 heterocycles. The molecule has 0 aliphatic carbocycles. The first kappa shape index (κ1) is 16.3. The number of hydrogen-bond acceptors (Lipinski definition) is 4. The molecule has 0 saturated carbocycles. The van der Waals surface area contributed by atoms with Crippen molar-refractivity contribution in [3.8, 4) is 11.4 Å². The molecule has 130 valence electrons. The molecule has 4 aromatic rings. The van der Waals surface area contributed by atoms with Crippen molar-refractivity contribution in [1.82, 2.24) is 19.6 Å². The van der Waals surface area contributed by atoms with Gasteiger partial charge in [0.15, 0.2) is 5.82 Å². The van der Waals surface area contributed by atoms with Gasteiger partial charge in [-0.3, -0.25) is 0 Å². The third-order valence-electron chi connectivity index (χ3n) is 4.41. The van der Waals surface area contributed by atoms with Crippen LogP contribution in [0.4, 0.5) is 11.5 Å². The molecule has 0 unspecified atom stereocenters. The molecule has 0 aliphatic rings. The number of aromatic nitrogens is 4. The molecule has 2 aromatic carbocycles. The van der Waals surface area contributed by atoms with Gasteiger partial charge in [0.2, 0.25) is 0 Å². The maximum Gasteiger partial charge on any atom is 0.254 e. The summed E-state index contributed by atoms with van der Waals surface area (Å²) in [6.07, 6.45) is 0. The average molecular weight is 343 g/mol. The molecular formula is C21H21N5. The second-order valence-electron chi connectivity index (χ2n) is 6.74. The zero-order chi connectivity index (χ0) is 18.3. The Bertz CT molecular complexity index is 1090. The molecular weight excluding hydrogens is 322 g/mol. The lowest BCUT2D eigenvalue weighted by atomic mass is 10.1. The Balaban J connectivity index is 1.81. The third-order valence-corrected chi connectivity index (χ3v) is 4.41. The van der Waals surface area contributed by atoms with Crippen LogP contribution in [0, 0.1) is 27.7 Å². The van der Waals surface area contributed by atoms with Crippen molar-refractivity contribution in [2.75, 3.05) is 5.32 Å². The van der Waals surface area contributed by atoms with E-state index in [1.807, 2.05) is 25.1 Å². The van der Waals surface area contributed by atoms with Crippen LogP contribution in [0.25, 0.3) is 17.2 Å². The molecule has 0 aliphatic heterocycles. The van der Waals surface area contributed by atoms with Gasteiger partial charge in [0.1, 0.15) is 5.82 Å². The lowest BCUT2D eigenvalue weighted by molar-refractivity contribution is 0.939. The first-order valence-electron chi connectivity index (χ1n) is 8.65. The Morgan fingerprint density at radius 2 is 1.54 bits per heavy atom. The zero-order valence-electron chi connectivity index (χ0n) is 15.4. The monoisotopic (exact) mass is 343 g/mol. The molecule has 1 N–H and O–H groups in total. The fourth-order valence-corrected chi connectivity index (χ4v) is 2.91. The van der Waals surface area contributed by atoms with Gasteiger partial charge in [-0.1, -0.05) is 42.0 Å². The average Bonchev–Trinajstić information content (AvgIpc) is 3.03. The Morgan fingerprint density at radius 1 is 0.808 bits per heavy atom. The van der Waals surface area contributed by atoms with Gasteiger partial charge in [-0.2, -0.15) is 9.50 Å². The van der Waals surface area contributed by atoms with Crippen LogP contribution in [0.1, 0.15) is 22.4 Å². The zero-order valence-corrected chi connectivity index (χ0v) is 15.4. The molecule has 0 spiro atoms. The van der Waals surface area contributed by atoms with Crippen molar-refractivity contribution >= 4 is 17.3 Å². The van der Waals surface area contributed by atoms with E-state index in [0.717, 1.165) is 22.8 Å². The normalized spacial score (nSPS) is 11.1. The summed E-state index contributed by atoms with van der Waals surface area (Å²) in [5, 5.41) is 8.17. The molecule has 0 saturated heterocycles. The summed E-state index contributed by atoms with van der Waals surface area (Å²) in [5.41, 5.74) is 6.54. The number of anilines is 2. The second kappa shape index (κ2) is 6.26. The van der Waals surface area contributed by atoms with Gasteiger partial charge in [0.05, 0.1) is 0 Å². The molecule has 4 rings (SSSR count). The highest BCUT2D eigenvalue weighted by Gasteiger charge is 2.12. The highest BCUT2D eigenvalue weighted by Crippen LogP contribution is 2.24. The summed E-state index contributed by atoms with van der Waals surface area (Å²) in [4.78, 5) is 9.15. The van der Waals surface area contributed by atoms with Crippen molar-refractivity contribution in [1.29, 1.82) is 0 Å². The van der Waals surface area contributed by atoms with E-state index in [2.05, 4.69) is 71.5 Å². The van der Waals surface area contributed by atoms with Crippen molar-refractivity contribution in [3.63, 3.8) is 0 Å². The Hall–Kier alpha value is -3.21. The van der Waals surface area contributed by atoms with Gasteiger partial charge in [-0.05, 0) is 44.9 Å². The standard InChI is InChI=1S/C21H21N5/c1-13-6-9-17(10-7-13)20-24-21-22-16(4)12-19(26(21)25-20)23-18-11-14(2)5-8-15(18)3/h5-12,23H,1-4H3. The smallest absolute Gasteiger partial charge is 0.254 e. The Morgan fingerprint density at radius 3 is 2.31 bits per heavy atom. The topological polar surface area (TPSA) is 55.1 Å². The second-order valence-corrected chi connectivity index (χ2v) is 6.74. The molecule has 0 fully saturated rings. The van der Waals surface area contributed by atoms with E-state index in [9.17, 15) is 0 Å². The van der Waals surface area contributed by atoms with Gasteiger partial charge in [0.25, 0.3) is 5.78 Å². The van der Waals surface area contributed by atoms with Crippen LogP contribution in [-0.4, -0.2) is 19.6 Å². The number of nitrogens with zero attached hydrogens (tertiary/aromatic N) is 4. The molecule has 0 radical (unpaired) electrons. The largest absolute Gasteiger partial charge is 0.340 e. The van der Waals surface area contributed by atoms with Gasteiger partial charge in [-0.25, -0.2) is 4.98 Å². The lowest BCUT2D eigenvalue weighted by Crippen LogP contribution is -2.03. The summed E-state index contributed by atoms with van der Waals surface area (Å²) in [5.74, 6) is 2.12. The van der Waals surface area contributed by atoms with E-state index in [-0.39, 0.29) is 0 Å². The van der Waals surface area contributed by atoms with Crippen LogP contribution in [0.5, 0.6) is 0 Å². The van der Waals surface area contributed by atoms with Gasteiger partial charge in [-0.15, -0.1) is 5.10 Å². The maximum absolute atomic E-state index is 4.68. The van der Waals surface area contributed by atoms with E-state index in [4.69, 9.17) is 0 Å². The molecule has 5 nitrogen and oxygen atoms in total. The first-order chi connectivity index (χ1) is 12.5. The van der Waals surface area contributed by atoms with Gasteiger partial charge < -0.3 is 5.32 Å². The number of hydrogen-bond donors (Lipinski definition) is 1. The molecule has 0 atom stereocenters. The number of aryl methyl sites for hydroxylation is 4. The predicted octanol–water partition coefficient (Wildman–Crippen LogP) is 4.77.